The van der Waals surface area contributed by atoms with Crippen molar-refractivity contribution in [2.75, 3.05) is 0 Å². The molecule has 0 saturated heterocycles. The zero-order chi connectivity index (χ0) is 14.2. The van der Waals surface area contributed by atoms with Gasteiger partial charge in [0.25, 0.3) is 0 Å². The molecule has 2 aromatic heterocycles. The standard InChI is InChI=1S/C10H7F3N4O2/c1-5-14-4-17(16-5)8-6(9(18)19)2-3-7(15-8)10(11,12)13/h2-4H,1H3,(H,18,19). The molecule has 0 aromatic carbocycles. The van der Waals surface area contributed by atoms with Gasteiger partial charge in [0.2, 0.25) is 0 Å². The molecule has 0 aliphatic carbocycles. The minimum absolute atomic E-state index is 0.288. The zero-order valence-electron chi connectivity index (χ0n) is 9.51. The Kier molecular flexibility index (Phi) is 2.97. The highest BCUT2D eigenvalue weighted by Gasteiger charge is 2.34. The predicted octanol–water partition coefficient (Wildman–Crippen LogP) is 1.69. The van der Waals surface area contributed by atoms with Crippen molar-refractivity contribution in [2.24, 2.45) is 0 Å². The Morgan fingerprint density at radius 2 is 2.05 bits per heavy atom. The Labute approximate surface area is 104 Å². The summed E-state index contributed by atoms with van der Waals surface area (Å²) >= 11 is 0. The SMILES string of the molecule is Cc1ncn(-c2nc(C(F)(F)F)ccc2C(=O)O)n1. The molecule has 6 nitrogen and oxygen atoms in total. The van der Waals surface area contributed by atoms with Crippen LogP contribution in [-0.4, -0.2) is 30.8 Å². The minimum Gasteiger partial charge on any atom is -0.478 e. The molecule has 0 aliphatic heterocycles. The van der Waals surface area contributed by atoms with E-state index in [-0.39, 0.29) is 5.82 Å². The van der Waals surface area contributed by atoms with Crippen LogP contribution in [0.25, 0.3) is 5.82 Å². The van der Waals surface area contributed by atoms with Crippen molar-refractivity contribution in [3.63, 3.8) is 0 Å². The Morgan fingerprint density at radius 1 is 1.37 bits per heavy atom. The highest BCUT2D eigenvalue weighted by molar-refractivity contribution is 5.91. The van der Waals surface area contributed by atoms with E-state index in [2.05, 4.69) is 15.1 Å². The van der Waals surface area contributed by atoms with Crippen LogP contribution < -0.4 is 0 Å². The van der Waals surface area contributed by atoms with Crippen LogP contribution in [0.3, 0.4) is 0 Å². The molecule has 0 radical (unpaired) electrons. The molecule has 0 amide bonds. The Hall–Kier alpha value is -2.45. The largest absolute Gasteiger partial charge is 0.478 e. The van der Waals surface area contributed by atoms with Crippen molar-refractivity contribution in [3.8, 4) is 5.82 Å². The topological polar surface area (TPSA) is 80.9 Å². The third-order valence-electron chi connectivity index (χ3n) is 2.22. The first kappa shape index (κ1) is 13.0. The fourth-order valence-electron chi connectivity index (χ4n) is 1.40. The lowest BCUT2D eigenvalue weighted by Crippen LogP contribution is -2.14. The van der Waals surface area contributed by atoms with Gasteiger partial charge in [-0.1, -0.05) is 0 Å². The molecule has 2 heterocycles. The van der Waals surface area contributed by atoms with E-state index in [4.69, 9.17) is 5.11 Å². The van der Waals surface area contributed by atoms with Crippen LogP contribution in [0.2, 0.25) is 0 Å². The van der Waals surface area contributed by atoms with Gasteiger partial charge < -0.3 is 5.11 Å². The van der Waals surface area contributed by atoms with Gasteiger partial charge in [-0.05, 0) is 19.1 Å². The number of aromatic carboxylic acids is 1. The first-order valence-electron chi connectivity index (χ1n) is 4.99. The number of carboxylic acid groups (broad SMARTS) is 1. The quantitative estimate of drug-likeness (QED) is 0.899. The number of pyridine rings is 1. The molecule has 100 valence electrons. The van der Waals surface area contributed by atoms with Gasteiger partial charge in [0.15, 0.2) is 5.82 Å². The maximum Gasteiger partial charge on any atom is 0.433 e. The number of rotatable bonds is 2. The first-order chi connectivity index (χ1) is 8.79. The van der Waals surface area contributed by atoms with E-state index in [0.29, 0.717) is 6.07 Å². The number of carboxylic acids is 1. The van der Waals surface area contributed by atoms with Crippen LogP contribution in [0.1, 0.15) is 21.9 Å². The smallest absolute Gasteiger partial charge is 0.433 e. The average Bonchev–Trinajstić information content (AvgIpc) is 2.73. The van der Waals surface area contributed by atoms with Crippen LogP contribution in [0.5, 0.6) is 0 Å². The number of nitrogens with zero attached hydrogens (tertiary/aromatic N) is 4. The molecule has 19 heavy (non-hydrogen) atoms. The summed E-state index contributed by atoms with van der Waals surface area (Å²) in [6, 6.07) is 1.45. The number of carbonyl (C=O) groups is 1. The van der Waals surface area contributed by atoms with Gasteiger partial charge in [-0.15, -0.1) is 0 Å². The normalized spacial score (nSPS) is 11.6. The number of alkyl halides is 3. The summed E-state index contributed by atoms with van der Waals surface area (Å²) in [6.07, 6.45) is -3.56. The fraction of sp³-hybridized carbons (Fsp3) is 0.200. The van der Waals surface area contributed by atoms with Gasteiger partial charge in [-0.2, -0.15) is 18.3 Å². The van der Waals surface area contributed by atoms with E-state index in [0.717, 1.165) is 17.1 Å². The van der Waals surface area contributed by atoms with E-state index >= 15 is 0 Å². The Bertz CT molecular complexity index is 636. The zero-order valence-corrected chi connectivity index (χ0v) is 9.51. The molecular weight excluding hydrogens is 265 g/mol. The van der Waals surface area contributed by atoms with Crippen molar-refractivity contribution in [1.29, 1.82) is 0 Å². The monoisotopic (exact) mass is 272 g/mol. The average molecular weight is 272 g/mol. The van der Waals surface area contributed by atoms with E-state index in [9.17, 15) is 18.0 Å². The number of aromatic nitrogens is 4. The number of aryl methyl sites for hydroxylation is 1. The molecule has 1 N–H and O–H groups in total. The third-order valence-corrected chi connectivity index (χ3v) is 2.22. The van der Waals surface area contributed by atoms with E-state index in [1.54, 1.807) is 0 Å². The fourth-order valence-corrected chi connectivity index (χ4v) is 1.40. The summed E-state index contributed by atoms with van der Waals surface area (Å²) in [4.78, 5) is 18.0. The van der Waals surface area contributed by atoms with Crippen LogP contribution in [-0.2, 0) is 6.18 Å². The van der Waals surface area contributed by atoms with E-state index in [1.807, 2.05) is 0 Å². The second-order valence-electron chi connectivity index (χ2n) is 3.61. The molecule has 0 saturated carbocycles. The van der Waals surface area contributed by atoms with Gasteiger partial charge in [-0.25, -0.2) is 19.4 Å². The lowest BCUT2D eigenvalue weighted by molar-refractivity contribution is -0.141. The van der Waals surface area contributed by atoms with Crippen molar-refractivity contribution in [1.82, 2.24) is 19.7 Å². The first-order valence-corrected chi connectivity index (χ1v) is 4.99. The minimum atomic E-state index is -4.67. The van der Waals surface area contributed by atoms with Crippen molar-refractivity contribution < 1.29 is 23.1 Å². The number of halogens is 3. The van der Waals surface area contributed by atoms with E-state index < -0.39 is 29.2 Å². The van der Waals surface area contributed by atoms with Gasteiger partial charge in [-0.3, -0.25) is 0 Å². The van der Waals surface area contributed by atoms with Gasteiger partial charge in [0.1, 0.15) is 23.4 Å². The maximum atomic E-state index is 12.6. The molecule has 0 spiro atoms. The third kappa shape index (κ3) is 2.54. The highest BCUT2D eigenvalue weighted by atomic mass is 19.4. The summed E-state index contributed by atoms with van der Waals surface area (Å²) in [6.45, 7) is 1.52. The van der Waals surface area contributed by atoms with Crippen LogP contribution in [0.4, 0.5) is 13.2 Å². The Balaban J connectivity index is 2.64. The summed E-state index contributed by atoms with van der Waals surface area (Å²) in [5.41, 5.74) is -1.58. The summed E-state index contributed by atoms with van der Waals surface area (Å²) in [7, 11) is 0. The lowest BCUT2D eigenvalue weighted by Gasteiger charge is -2.09. The van der Waals surface area contributed by atoms with Crippen molar-refractivity contribution >= 4 is 5.97 Å². The van der Waals surface area contributed by atoms with Gasteiger partial charge in [0.05, 0.1) is 0 Å². The molecule has 9 heteroatoms. The lowest BCUT2D eigenvalue weighted by atomic mass is 10.2. The molecule has 0 fully saturated rings. The van der Waals surface area contributed by atoms with Crippen LogP contribution in [0.15, 0.2) is 18.5 Å². The summed E-state index contributed by atoms with van der Waals surface area (Å²) in [5, 5.41) is 12.7. The molecular formula is C10H7F3N4O2. The Morgan fingerprint density at radius 3 is 2.53 bits per heavy atom. The number of hydrogen-bond acceptors (Lipinski definition) is 4. The molecule has 2 aromatic rings. The van der Waals surface area contributed by atoms with Crippen LogP contribution in [0, 0.1) is 6.92 Å². The van der Waals surface area contributed by atoms with E-state index in [1.165, 1.54) is 6.92 Å². The number of hydrogen-bond donors (Lipinski definition) is 1. The second kappa shape index (κ2) is 4.34. The van der Waals surface area contributed by atoms with Gasteiger partial charge in [0, 0.05) is 0 Å². The molecule has 0 bridgehead atoms. The summed E-state index contributed by atoms with van der Waals surface area (Å²) in [5.74, 6) is -1.54. The molecule has 2 rings (SSSR count). The summed E-state index contributed by atoms with van der Waals surface area (Å²) < 4.78 is 38.6. The maximum absolute atomic E-state index is 12.6. The van der Waals surface area contributed by atoms with Crippen molar-refractivity contribution in [2.45, 2.75) is 13.1 Å². The van der Waals surface area contributed by atoms with Gasteiger partial charge >= 0.3 is 12.1 Å². The van der Waals surface area contributed by atoms with Crippen LogP contribution >= 0.6 is 0 Å². The highest BCUT2D eigenvalue weighted by Crippen LogP contribution is 2.28. The predicted molar refractivity (Wildman–Crippen MR) is 55.9 cm³/mol. The van der Waals surface area contributed by atoms with Crippen molar-refractivity contribution in [3.05, 3.63) is 35.5 Å². The molecule has 0 atom stereocenters. The molecule has 0 aliphatic rings. The second-order valence-corrected chi connectivity index (χ2v) is 3.61. The molecule has 0 unspecified atom stereocenters.